The van der Waals surface area contributed by atoms with E-state index in [-0.39, 0.29) is 24.0 Å². The van der Waals surface area contributed by atoms with E-state index < -0.39 is 0 Å². The molecule has 0 aliphatic carbocycles. The predicted molar refractivity (Wildman–Crippen MR) is 118 cm³/mol. The fraction of sp³-hybridized carbons (Fsp3) is 0.353. The zero-order valence-corrected chi connectivity index (χ0v) is 18.7. The highest BCUT2D eigenvalue weighted by Crippen LogP contribution is 2.24. The number of aliphatic imine (C=N–C) groups is 1. The minimum absolute atomic E-state index is 0. The molecule has 0 fully saturated rings. The summed E-state index contributed by atoms with van der Waals surface area (Å²) < 4.78 is 12.7. The molecule has 0 spiro atoms. The fourth-order valence-electron chi connectivity index (χ4n) is 2.18. The zero-order chi connectivity index (χ0) is 18.2. The molecular weight excluding hydrogens is 490 g/mol. The molecule has 1 heterocycles. The van der Waals surface area contributed by atoms with Gasteiger partial charge in [-0.3, -0.25) is 4.99 Å². The molecule has 0 bridgehead atoms. The Labute approximate surface area is 180 Å². The van der Waals surface area contributed by atoms with Crippen LogP contribution in [0.1, 0.15) is 5.69 Å². The first kappa shape index (κ1) is 22.7. The van der Waals surface area contributed by atoms with E-state index >= 15 is 0 Å². The number of benzene rings is 1. The highest BCUT2D eigenvalue weighted by Gasteiger charge is 2.09. The molecule has 2 aromatic rings. The van der Waals surface area contributed by atoms with Crippen LogP contribution < -0.4 is 20.1 Å². The van der Waals surface area contributed by atoms with Crippen molar-refractivity contribution in [2.24, 2.45) is 12.0 Å². The number of methoxy groups -OCH3 is 1. The highest BCUT2D eigenvalue weighted by molar-refractivity contribution is 14.0. The first-order valence-corrected chi connectivity index (χ1v) is 8.51. The van der Waals surface area contributed by atoms with Crippen molar-refractivity contribution in [1.82, 2.24) is 15.2 Å². The van der Waals surface area contributed by atoms with Gasteiger partial charge in [-0.1, -0.05) is 29.3 Å². The summed E-state index contributed by atoms with van der Waals surface area (Å²) in [5.41, 5.74) is 0.964. The Kier molecular flexibility index (Phi) is 9.97. The Morgan fingerprint density at radius 2 is 1.92 bits per heavy atom. The lowest BCUT2D eigenvalue weighted by molar-refractivity contribution is 0.319. The van der Waals surface area contributed by atoms with Crippen molar-refractivity contribution < 1.29 is 9.47 Å². The summed E-state index contributed by atoms with van der Waals surface area (Å²) in [5.74, 6) is 2.20. The summed E-state index contributed by atoms with van der Waals surface area (Å²) in [6.07, 6.45) is 0. The summed E-state index contributed by atoms with van der Waals surface area (Å²) in [4.78, 5) is 4.18. The second-order valence-electron chi connectivity index (χ2n) is 5.21. The second-order valence-corrected chi connectivity index (χ2v) is 5.98. The van der Waals surface area contributed by atoms with E-state index in [4.69, 9.17) is 32.7 Å². The molecule has 0 radical (unpaired) electrons. The lowest BCUT2D eigenvalue weighted by atomic mass is 10.3. The SMILES string of the molecule is CN=C(NCCOc1cccc(OC)c1)NCc1cc(Cl)c(Cl)n1C.I. The predicted octanol–water partition coefficient (Wildman–Crippen LogP) is 3.70. The van der Waals surface area contributed by atoms with Crippen molar-refractivity contribution in [1.29, 1.82) is 0 Å². The van der Waals surface area contributed by atoms with Gasteiger partial charge in [-0.15, -0.1) is 24.0 Å². The molecule has 0 amide bonds. The molecule has 1 aromatic carbocycles. The summed E-state index contributed by atoms with van der Waals surface area (Å²) in [6.45, 7) is 1.65. The number of aromatic nitrogens is 1. The van der Waals surface area contributed by atoms with Gasteiger partial charge in [0.1, 0.15) is 23.3 Å². The van der Waals surface area contributed by atoms with Crippen LogP contribution in [0.4, 0.5) is 0 Å². The number of hydrogen-bond donors (Lipinski definition) is 2. The third-order valence-electron chi connectivity index (χ3n) is 3.58. The van der Waals surface area contributed by atoms with Crippen LogP contribution in [0.3, 0.4) is 0 Å². The lowest BCUT2D eigenvalue weighted by Gasteiger charge is -2.13. The van der Waals surface area contributed by atoms with Gasteiger partial charge in [0.15, 0.2) is 5.96 Å². The summed E-state index contributed by atoms with van der Waals surface area (Å²) in [6, 6.07) is 9.32. The van der Waals surface area contributed by atoms with Gasteiger partial charge in [-0.05, 0) is 18.2 Å². The summed E-state index contributed by atoms with van der Waals surface area (Å²) in [5, 5.41) is 7.46. The number of halogens is 3. The smallest absolute Gasteiger partial charge is 0.191 e. The van der Waals surface area contributed by atoms with Gasteiger partial charge >= 0.3 is 0 Å². The van der Waals surface area contributed by atoms with Crippen molar-refractivity contribution >= 4 is 53.1 Å². The molecule has 9 heteroatoms. The van der Waals surface area contributed by atoms with Crippen molar-refractivity contribution in [2.75, 3.05) is 27.3 Å². The van der Waals surface area contributed by atoms with Crippen LogP contribution in [0.25, 0.3) is 0 Å². The van der Waals surface area contributed by atoms with Gasteiger partial charge in [0.05, 0.1) is 25.2 Å². The van der Waals surface area contributed by atoms with E-state index in [0.29, 0.717) is 35.8 Å². The molecule has 1 aromatic heterocycles. The largest absolute Gasteiger partial charge is 0.497 e. The van der Waals surface area contributed by atoms with E-state index in [9.17, 15) is 0 Å². The molecule has 144 valence electrons. The van der Waals surface area contributed by atoms with Gasteiger partial charge in [-0.25, -0.2) is 0 Å². The third kappa shape index (κ3) is 6.44. The van der Waals surface area contributed by atoms with Gasteiger partial charge in [0, 0.05) is 25.9 Å². The van der Waals surface area contributed by atoms with Crippen LogP contribution in [0.5, 0.6) is 11.5 Å². The number of hydrogen-bond acceptors (Lipinski definition) is 3. The van der Waals surface area contributed by atoms with E-state index in [2.05, 4.69) is 15.6 Å². The number of guanidine groups is 1. The molecule has 2 N–H and O–H groups in total. The van der Waals surface area contributed by atoms with Gasteiger partial charge in [-0.2, -0.15) is 0 Å². The van der Waals surface area contributed by atoms with Crippen molar-refractivity contribution in [3.63, 3.8) is 0 Å². The number of ether oxygens (including phenoxy) is 2. The first-order chi connectivity index (χ1) is 12.0. The van der Waals surface area contributed by atoms with Gasteiger partial charge < -0.3 is 24.7 Å². The molecular formula is C17H23Cl2IN4O2. The minimum Gasteiger partial charge on any atom is -0.497 e. The average molecular weight is 513 g/mol. The van der Waals surface area contributed by atoms with E-state index in [1.165, 1.54) is 0 Å². The topological polar surface area (TPSA) is 59.8 Å². The quantitative estimate of drug-likeness (QED) is 0.257. The first-order valence-electron chi connectivity index (χ1n) is 7.76. The maximum absolute atomic E-state index is 6.06. The lowest BCUT2D eigenvalue weighted by Crippen LogP contribution is -2.39. The van der Waals surface area contributed by atoms with E-state index in [1.807, 2.05) is 41.9 Å². The Morgan fingerprint density at radius 3 is 2.54 bits per heavy atom. The van der Waals surface area contributed by atoms with Gasteiger partial charge in [0.25, 0.3) is 0 Å². The number of rotatable bonds is 7. The maximum Gasteiger partial charge on any atom is 0.191 e. The monoisotopic (exact) mass is 512 g/mol. The number of nitrogens with one attached hydrogen (secondary N) is 2. The normalized spacial score (nSPS) is 10.9. The molecule has 0 saturated heterocycles. The van der Waals surface area contributed by atoms with Crippen LogP contribution in [-0.4, -0.2) is 37.8 Å². The van der Waals surface area contributed by atoms with E-state index in [1.54, 1.807) is 14.2 Å². The van der Waals surface area contributed by atoms with E-state index in [0.717, 1.165) is 17.2 Å². The van der Waals surface area contributed by atoms with Crippen molar-refractivity contribution in [3.05, 3.63) is 46.2 Å². The third-order valence-corrected chi connectivity index (χ3v) is 4.42. The molecule has 0 unspecified atom stereocenters. The minimum atomic E-state index is 0. The van der Waals surface area contributed by atoms with Crippen LogP contribution >= 0.6 is 47.2 Å². The maximum atomic E-state index is 6.06. The number of nitrogens with zero attached hydrogens (tertiary/aromatic N) is 2. The van der Waals surface area contributed by atoms with Crippen LogP contribution in [-0.2, 0) is 13.6 Å². The molecule has 0 saturated carbocycles. The standard InChI is InChI=1S/C17H22Cl2N4O2.HI/c1-20-17(22-11-12-9-15(18)16(19)23(12)2)21-7-8-25-14-6-4-5-13(10-14)24-3;/h4-6,9-10H,7-8,11H2,1-3H3,(H2,20,21,22);1H. The molecule has 0 aliphatic heterocycles. The van der Waals surface area contributed by atoms with Crippen LogP contribution in [0.2, 0.25) is 10.2 Å². The molecule has 26 heavy (non-hydrogen) atoms. The van der Waals surface area contributed by atoms with Crippen molar-refractivity contribution in [3.8, 4) is 11.5 Å². The second kappa shape index (κ2) is 11.4. The summed E-state index contributed by atoms with van der Waals surface area (Å²) in [7, 11) is 5.20. The Hall–Kier alpha value is -1.32. The Morgan fingerprint density at radius 1 is 1.19 bits per heavy atom. The molecule has 0 aliphatic rings. The fourth-order valence-corrected chi connectivity index (χ4v) is 2.60. The molecule has 6 nitrogen and oxygen atoms in total. The van der Waals surface area contributed by atoms with Crippen LogP contribution in [0.15, 0.2) is 35.3 Å². The highest BCUT2D eigenvalue weighted by atomic mass is 127. The van der Waals surface area contributed by atoms with Gasteiger partial charge in [0.2, 0.25) is 0 Å². The van der Waals surface area contributed by atoms with Crippen molar-refractivity contribution in [2.45, 2.75) is 6.54 Å². The summed E-state index contributed by atoms with van der Waals surface area (Å²) >= 11 is 12.1. The Bertz CT molecular complexity index is 738. The Balaban J connectivity index is 0.00000338. The zero-order valence-electron chi connectivity index (χ0n) is 14.9. The average Bonchev–Trinajstić information content (AvgIpc) is 2.88. The molecule has 2 rings (SSSR count). The molecule has 0 atom stereocenters. The van der Waals surface area contributed by atoms with Crippen LogP contribution in [0, 0.1) is 0 Å².